The minimum absolute atomic E-state index is 0.0221. The van der Waals surface area contributed by atoms with Crippen LogP contribution in [0.1, 0.15) is 57.9 Å². The summed E-state index contributed by atoms with van der Waals surface area (Å²) in [5, 5.41) is 2.65. The Morgan fingerprint density at radius 3 is 2.09 bits per heavy atom. The Morgan fingerprint density at radius 1 is 1.00 bits per heavy atom. The maximum atomic E-state index is 13.4. The highest BCUT2D eigenvalue weighted by Crippen LogP contribution is 2.45. The third-order valence-electron chi connectivity index (χ3n) is 5.36. The molecular weight excluding hydrogens is 438 g/mol. The van der Waals surface area contributed by atoms with Gasteiger partial charge in [-0.3, -0.25) is 9.59 Å². The van der Waals surface area contributed by atoms with Crippen LogP contribution in [-0.4, -0.2) is 30.3 Å². The standard InChI is InChI=1S/C22H20F6N2O2/c1-3-8-29-19(31)17-15-6-4-5-7-16(15)20(32)30(2)18(17)12-9-13(21(23,24)25)11-14(10-12)22(26,27)28/h4-7,9-11,17-18H,3,8H2,1-2H3,(H,29,31). The first-order chi connectivity index (χ1) is 14.9. The zero-order chi connectivity index (χ0) is 23.8. The van der Waals surface area contributed by atoms with Crippen LogP contribution in [-0.2, 0) is 17.1 Å². The lowest BCUT2D eigenvalue weighted by Gasteiger charge is -2.40. The molecule has 10 heteroatoms. The maximum Gasteiger partial charge on any atom is 0.416 e. The average Bonchev–Trinajstić information content (AvgIpc) is 2.72. The molecule has 2 aromatic rings. The van der Waals surface area contributed by atoms with Crippen LogP contribution in [0.3, 0.4) is 0 Å². The van der Waals surface area contributed by atoms with Crippen molar-refractivity contribution in [3.05, 3.63) is 70.3 Å². The first-order valence-electron chi connectivity index (χ1n) is 9.79. The molecule has 1 aliphatic rings. The van der Waals surface area contributed by atoms with E-state index in [0.29, 0.717) is 18.6 Å². The quantitative estimate of drug-likeness (QED) is 0.644. The second-order valence-electron chi connectivity index (χ2n) is 7.56. The number of likely N-dealkylation sites (N-methyl/N-ethyl adjacent to an activating group) is 1. The summed E-state index contributed by atoms with van der Waals surface area (Å²) in [6, 6.07) is 5.88. The van der Waals surface area contributed by atoms with Gasteiger partial charge < -0.3 is 10.2 Å². The van der Waals surface area contributed by atoms with Gasteiger partial charge in [-0.2, -0.15) is 26.3 Å². The van der Waals surface area contributed by atoms with Crippen molar-refractivity contribution in [2.45, 2.75) is 37.7 Å². The van der Waals surface area contributed by atoms with Crippen LogP contribution >= 0.6 is 0 Å². The monoisotopic (exact) mass is 458 g/mol. The van der Waals surface area contributed by atoms with E-state index in [1.807, 2.05) is 0 Å². The number of amides is 2. The van der Waals surface area contributed by atoms with Crippen molar-refractivity contribution in [2.24, 2.45) is 0 Å². The fourth-order valence-electron chi connectivity index (χ4n) is 3.88. The van der Waals surface area contributed by atoms with E-state index in [1.165, 1.54) is 19.2 Å². The summed E-state index contributed by atoms with van der Waals surface area (Å²) >= 11 is 0. The van der Waals surface area contributed by atoms with Gasteiger partial charge in [-0.1, -0.05) is 25.1 Å². The molecule has 0 saturated carbocycles. The van der Waals surface area contributed by atoms with E-state index in [-0.39, 0.29) is 23.7 Å². The molecule has 1 heterocycles. The van der Waals surface area contributed by atoms with Gasteiger partial charge in [0, 0.05) is 19.2 Å². The Hall–Kier alpha value is -3.04. The van der Waals surface area contributed by atoms with Crippen molar-refractivity contribution in [1.29, 1.82) is 0 Å². The van der Waals surface area contributed by atoms with Crippen LogP contribution in [0, 0.1) is 0 Å². The van der Waals surface area contributed by atoms with Crippen LogP contribution in [0.2, 0.25) is 0 Å². The Kier molecular flexibility index (Phi) is 6.26. The Balaban J connectivity index is 2.25. The molecule has 0 bridgehead atoms. The van der Waals surface area contributed by atoms with Crippen molar-refractivity contribution >= 4 is 11.8 Å². The third kappa shape index (κ3) is 4.44. The fourth-order valence-corrected chi connectivity index (χ4v) is 3.88. The minimum atomic E-state index is -5.05. The summed E-state index contributed by atoms with van der Waals surface area (Å²) in [6.07, 6.45) is -9.53. The molecule has 2 atom stereocenters. The van der Waals surface area contributed by atoms with E-state index < -0.39 is 52.8 Å². The second-order valence-corrected chi connectivity index (χ2v) is 7.56. The summed E-state index contributed by atoms with van der Waals surface area (Å²) < 4.78 is 80.5. The third-order valence-corrected chi connectivity index (χ3v) is 5.36. The highest BCUT2D eigenvalue weighted by Gasteiger charge is 2.45. The van der Waals surface area contributed by atoms with Gasteiger partial charge in [0.2, 0.25) is 5.91 Å². The number of benzene rings is 2. The number of carbonyl (C=O) groups excluding carboxylic acids is 2. The largest absolute Gasteiger partial charge is 0.416 e. The highest BCUT2D eigenvalue weighted by molar-refractivity contribution is 6.01. The summed E-state index contributed by atoms with van der Waals surface area (Å²) in [7, 11) is 1.26. The zero-order valence-electron chi connectivity index (χ0n) is 17.1. The number of carbonyl (C=O) groups is 2. The number of rotatable bonds is 4. The minimum Gasteiger partial charge on any atom is -0.356 e. The number of fused-ring (bicyclic) bond motifs is 1. The van der Waals surface area contributed by atoms with Crippen LogP contribution in [0.15, 0.2) is 42.5 Å². The van der Waals surface area contributed by atoms with E-state index >= 15 is 0 Å². The second kappa shape index (κ2) is 8.48. The van der Waals surface area contributed by atoms with Gasteiger partial charge in [-0.15, -0.1) is 0 Å². The lowest BCUT2D eigenvalue weighted by molar-refractivity contribution is -0.143. The number of nitrogens with one attached hydrogen (secondary N) is 1. The molecular formula is C22H20F6N2O2. The molecule has 0 aromatic heterocycles. The molecule has 0 spiro atoms. The lowest BCUT2D eigenvalue weighted by atomic mass is 9.78. The summed E-state index contributed by atoms with van der Waals surface area (Å²) in [5.74, 6) is -2.38. The number of halogens is 6. The highest BCUT2D eigenvalue weighted by atomic mass is 19.4. The molecule has 0 radical (unpaired) electrons. The Labute approximate surface area is 180 Å². The normalized spacial score (nSPS) is 19.0. The average molecular weight is 458 g/mol. The molecule has 3 rings (SSSR count). The molecule has 172 valence electrons. The molecule has 2 unspecified atom stereocenters. The molecule has 32 heavy (non-hydrogen) atoms. The number of hydrogen-bond donors (Lipinski definition) is 1. The van der Waals surface area contributed by atoms with Crippen molar-refractivity contribution in [3.63, 3.8) is 0 Å². The predicted molar refractivity (Wildman–Crippen MR) is 104 cm³/mol. The lowest BCUT2D eigenvalue weighted by Crippen LogP contribution is -2.45. The van der Waals surface area contributed by atoms with Crippen molar-refractivity contribution < 1.29 is 35.9 Å². The molecule has 1 aliphatic heterocycles. The molecule has 0 saturated heterocycles. The van der Waals surface area contributed by atoms with Crippen LogP contribution in [0.25, 0.3) is 0 Å². The van der Waals surface area contributed by atoms with Gasteiger partial charge in [0.25, 0.3) is 5.91 Å². The summed E-state index contributed by atoms with van der Waals surface area (Å²) in [6.45, 7) is 2.06. The molecule has 0 fully saturated rings. The topological polar surface area (TPSA) is 49.4 Å². The smallest absolute Gasteiger partial charge is 0.356 e. The van der Waals surface area contributed by atoms with Crippen LogP contribution in [0.5, 0.6) is 0 Å². The fraction of sp³-hybridized carbons (Fsp3) is 0.364. The summed E-state index contributed by atoms with van der Waals surface area (Å²) in [5.41, 5.74) is -3.01. The summed E-state index contributed by atoms with van der Waals surface area (Å²) in [4.78, 5) is 26.9. The van der Waals surface area contributed by atoms with Crippen LogP contribution < -0.4 is 5.32 Å². The molecule has 0 aliphatic carbocycles. The molecule has 4 nitrogen and oxygen atoms in total. The number of nitrogens with zero attached hydrogens (tertiary/aromatic N) is 1. The van der Waals surface area contributed by atoms with Crippen molar-refractivity contribution in [3.8, 4) is 0 Å². The van der Waals surface area contributed by atoms with Gasteiger partial charge in [-0.25, -0.2) is 0 Å². The Bertz CT molecular complexity index is 1000. The van der Waals surface area contributed by atoms with Gasteiger partial charge in [0.1, 0.15) is 0 Å². The van der Waals surface area contributed by atoms with E-state index in [0.717, 1.165) is 4.90 Å². The van der Waals surface area contributed by atoms with Gasteiger partial charge >= 0.3 is 12.4 Å². The van der Waals surface area contributed by atoms with Crippen molar-refractivity contribution in [1.82, 2.24) is 10.2 Å². The van der Waals surface area contributed by atoms with E-state index in [2.05, 4.69) is 5.32 Å². The molecule has 2 aromatic carbocycles. The van der Waals surface area contributed by atoms with Crippen molar-refractivity contribution in [2.75, 3.05) is 13.6 Å². The number of alkyl halides is 6. The first-order valence-corrected chi connectivity index (χ1v) is 9.79. The maximum absolute atomic E-state index is 13.4. The SMILES string of the molecule is CCCNC(=O)C1c2ccccc2C(=O)N(C)C1c1cc(C(F)(F)F)cc(C(F)(F)F)c1. The van der Waals surface area contributed by atoms with Crippen LogP contribution in [0.4, 0.5) is 26.3 Å². The predicted octanol–water partition coefficient (Wildman–Crippen LogP) is 5.16. The van der Waals surface area contributed by atoms with E-state index in [1.54, 1.807) is 19.1 Å². The number of hydrogen-bond acceptors (Lipinski definition) is 2. The Morgan fingerprint density at radius 2 is 1.56 bits per heavy atom. The molecule has 1 N–H and O–H groups in total. The zero-order valence-corrected chi connectivity index (χ0v) is 17.1. The van der Waals surface area contributed by atoms with Gasteiger partial charge in [-0.05, 0) is 41.8 Å². The van der Waals surface area contributed by atoms with E-state index in [4.69, 9.17) is 0 Å². The first kappa shape index (κ1) is 23.6. The van der Waals surface area contributed by atoms with Gasteiger partial charge in [0.05, 0.1) is 23.1 Å². The van der Waals surface area contributed by atoms with Gasteiger partial charge in [0.15, 0.2) is 0 Å². The van der Waals surface area contributed by atoms with E-state index in [9.17, 15) is 35.9 Å². The molecule has 2 amide bonds.